The number of likely N-dealkylation sites (N-methyl/N-ethyl adjacent to an activating group) is 1. The third-order valence-electron chi connectivity index (χ3n) is 3.35. The summed E-state index contributed by atoms with van der Waals surface area (Å²) in [5.74, 6) is 2.25. The van der Waals surface area contributed by atoms with Crippen LogP contribution in [0.15, 0.2) is 4.52 Å². The molecule has 1 saturated heterocycles. The van der Waals surface area contributed by atoms with Crippen molar-refractivity contribution < 1.29 is 4.52 Å². The number of nitrogens with one attached hydrogen (secondary N) is 2. The standard InChI is InChI=1S/C12H22N4O/c1-9(13-2)6-11-15-12(17-16-11)7-10-4-3-5-14-8-10/h9-10,13-14H,3-8H2,1-2H3. The van der Waals surface area contributed by atoms with Crippen molar-refractivity contribution in [2.24, 2.45) is 5.92 Å². The molecule has 2 N–H and O–H groups in total. The Morgan fingerprint density at radius 2 is 2.47 bits per heavy atom. The molecule has 1 aliphatic rings. The van der Waals surface area contributed by atoms with Gasteiger partial charge in [0.25, 0.3) is 0 Å². The number of aromatic nitrogens is 2. The zero-order valence-corrected chi connectivity index (χ0v) is 10.7. The topological polar surface area (TPSA) is 63.0 Å². The second-order valence-corrected chi connectivity index (χ2v) is 4.91. The summed E-state index contributed by atoms with van der Waals surface area (Å²) in [6.07, 6.45) is 4.25. The molecular formula is C12H22N4O. The van der Waals surface area contributed by atoms with Crippen molar-refractivity contribution in [3.8, 4) is 0 Å². The SMILES string of the molecule is CNC(C)Cc1noc(CC2CCCNC2)n1. The van der Waals surface area contributed by atoms with Gasteiger partial charge in [-0.2, -0.15) is 4.98 Å². The Balaban J connectivity index is 1.84. The van der Waals surface area contributed by atoms with Crippen LogP contribution in [0.4, 0.5) is 0 Å². The van der Waals surface area contributed by atoms with Crippen LogP contribution in [0.5, 0.6) is 0 Å². The van der Waals surface area contributed by atoms with Gasteiger partial charge in [-0.05, 0) is 45.8 Å². The molecule has 0 aliphatic carbocycles. The number of hydrogen-bond donors (Lipinski definition) is 2. The zero-order chi connectivity index (χ0) is 12.1. The molecule has 0 radical (unpaired) electrons. The third-order valence-corrected chi connectivity index (χ3v) is 3.35. The Labute approximate surface area is 102 Å². The van der Waals surface area contributed by atoms with Crippen LogP contribution in [0.3, 0.4) is 0 Å². The molecule has 0 spiro atoms. The molecule has 1 aliphatic heterocycles. The van der Waals surface area contributed by atoms with E-state index in [1.807, 2.05) is 7.05 Å². The van der Waals surface area contributed by atoms with Crippen molar-refractivity contribution in [2.75, 3.05) is 20.1 Å². The van der Waals surface area contributed by atoms with Gasteiger partial charge in [-0.1, -0.05) is 5.16 Å². The van der Waals surface area contributed by atoms with Crippen molar-refractivity contribution in [3.05, 3.63) is 11.7 Å². The minimum Gasteiger partial charge on any atom is -0.339 e. The largest absolute Gasteiger partial charge is 0.339 e. The normalized spacial score (nSPS) is 22.6. The zero-order valence-electron chi connectivity index (χ0n) is 10.7. The molecule has 0 saturated carbocycles. The fourth-order valence-electron chi connectivity index (χ4n) is 2.18. The average molecular weight is 238 g/mol. The number of nitrogens with zero attached hydrogens (tertiary/aromatic N) is 2. The summed E-state index contributed by atoms with van der Waals surface area (Å²) >= 11 is 0. The van der Waals surface area contributed by atoms with Gasteiger partial charge in [-0.25, -0.2) is 0 Å². The number of piperidine rings is 1. The van der Waals surface area contributed by atoms with Crippen molar-refractivity contribution in [3.63, 3.8) is 0 Å². The van der Waals surface area contributed by atoms with Gasteiger partial charge < -0.3 is 15.2 Å². The molecule has 1 fully saturated rings. The van der Waals surface area contributed by atoms with Crippen molar-refractivity contribution in [1.82, 2.24) is 20.8 Å². The summed E-state index contributed by atoms with van der Waals surface area (Å²) in [5.41, 5.74) is 0. The van der Waals surface area contributed by atoms with E-state index in [4.69, 9.17) is 4.52 Å². The lowest BCUT2D eigenvalue weighted by molar-refractivity contribution is 0.314. The number of hydrogen-bond acceptors (Lipinski definition) is 5. The van der Waals surface area contributed by atoms with Gasteiger partial charge >= 0.3 is 0 Å². The van der Waals surface area contributed by atoms with E-state index in [-0.39, 0.29) is 0 Å². The predicted octanol–water partition coefficient (Wildman–Crippen LogP) is 0.762. The van der Waals surface area contributed by atoms with Crippen LogP contribution in [0.2, 0.25) is 0 Å². The molecule has 1 aromatic rings. The minimum absolute atomic E-state index is 0.386. The van der Waals surface area contributed by atoms with E-state index in [0.717, 1.165) is 37.6 Å². The molecular weight excluding hydrogens is 216 g/mol. The van der Waals surface area contributed by atoms with E-state index in [1.54, 1.807) is 0 Å². The van der Waals surface area contributed by atoms with Crippen LogP contribution < -0.4 is 10.6 Å². The first-order valence-electron chi connectivity index (χ1n) is 6.47. The van der Waals surface area contributed by atoms with E-state index in [2.05, 4.69) is 27.7 Å². The van der Waals surface area contributed by atoms with E-state index in [9.17, 15) is 0 Å². The second-order valence-electron chi connectivity index (χ2n) is 4.91. The van der Waals surface area contributed by atoms with Crippen molar-refractivity contribution in [1.29, 1.82) is 0 Å². The van der Waals surface area contributed by atoms with Gasteiger partial charge in [0.05, 0.1) is 0 Å². The fraction of sp³-hybridized carbons (Fsp3) is 0.833. The van der Waals surface area contributed by atoms with Gasteiger partial charge in [-0.15, -0.1) is 0 Å². The Bertz CT molecular complexity index is 333. The smallest absolute Gasteiger partial charge is 0.226 e. The lowest BCUT2D eigenvalue weighted by atomic mass is 9.96. The summed E-state index contributed by atoms with van der Waals surface area (Å²) in [6.45, 7) is 4.33. The van der Waals surface area contributed by atoms with E-state index >= 15 is 0 Å². The lowest BCUT2D eigenvalue weighted by Gasteiger charge is -2.20. The van der Waals surface area contributed by atoms with Crippen LogP contribution in [-0.2, 0) is 12.8 Å². The molecule has 0 aromatic carbocycles. The number of rotatable bonds is 5. The second kappa shape index (κ2) is 6.12. The Hall–Kier alpha value is -0.940. The molecule has 5 heteroatoms. The van der Waals surface area contributed by atoms with Gasteiger partial charge in [0.15, 0.2) is 5.82 Å². The lowest BCUT2D eigenvalue weighted by Crippen LogP contribution is -2.30. The predicted molar refractivity (Wildman–Crippen MR) is 65.8 cm³/mol. The van der Waals surface area contributed by atoms with Crippen molar-refractivity contribution >= 4 is 0 Å². The highest BCUT2D eigenvalue weighted by Gasteiger charge is 2.17. The summed E-state index contributed by atoms with van der Waals surface area (Å²) in [5, 5.41) is 10.6. The molecule has 2 rings (SSSR count). The van der Waals surface area contributed by atoms with E-state index < -0.39 is 0 Å². The highest BCUT2D eigenvalue weighted by atomic mass is 16.5. The van der Waals surface area contributed by atoms with Crippen LogP contribution in [0.1, 0.15) is 31.5 Å². The van der Waals surface area contributed by atoms with Crippen LogP contribution in [-0.4, -0.2) is 36.3 Å². The summed E-state index contributed by atoms with van der Waals surface area (Å²) in [4.78, 5) is 4.45. The molecule has 2 unspecified atom stereocenters. The van der Waals surface area contributed by atoms with E-state index in [1.165, 1.54) is 12.8 Å². The van der Waals surface area contributed by atoms with Gasteiger partial charge in [-0.3, -0.25) is 0 Å². The van der Waals surface area contributed by atoms with Crippen LogP contribution >= 0.6 is 0 Å². The summed E-state index contributed by atoms with van der Waals surface area (Å²) < 4.78 is 5.30. The monoisotopic (exact) mass is 238 g/mol. The third kappa shape index (κ3) is 3.78. The van der Waals surface area contributed by atoms with Gasteiger partial charge in [0.2, 0.25) is 5.89 Å². The van der Waals surface area contributed by atoms with Crippen molar-refractivity contribution in [2.45, 2.75) is 38.6 Å². The highest BCUT2D eigenvalue weighted by molar-refractivity contribution is 4.91. The first-order chi connectivity index (χ1) is 8.28. The molecule has 5 nitrogen and oxygen atoms in total. The first kappa shape index (κ1) is 12.5. The molecule has 96 valence electrons. The van der Waals surface area contributed by atoms with Gasteiger partial charge in [0.1, 0.15) is 0 Å². The minimum atomic E-state index is 0.386. The summed E-state index contributed by atoms with van der Waals surface area (Å²) in [7, 11) is 1.94. The maximum absolute atomic E-state index is 5.30. The van der Waals surface area contributed by atoms with Gasteiger partial charge in [0, 0.05) is 18.9 Å². The quantitative estimate of drug-likeness (QED) is 0.793. The molecule has 0 bridgehead atoms. The molecule has 2 atom stereocenters. The fourth-order valence-corrected chi connectivity index (χ4v) is 2.18. The Kier molecular flexibility index (Phi) is 4.50. The maximum Gasteiger partial charge on any atom is 0.226 e. The Morgan fingerprint density at radius 1 is 1.59 bits per heavy atom. The van der Waals surface area contributed by atoms with E-state index in [0.29, 0.717) is 12.0 Å². The maximum atomic E-state index is 5.30. The summed E-state index contributed by atoms with van der Waals surface area (Å²) in [6, 6.07) is 0.386. The average Bonchev–Trinajstić information content (AvgIpc) is 2.77. The molecule has 1 aromatic heterocycles. The Morgan fingerprint density at radius 3 is 3.18 bits per heavy atom. The molecule has 17 heavy (non-hydrogen) atoms. The highest BCUT2D eigenvalue weighted by Crippen LogP contribution is 2.15. The van der Waals surface area contributed by atoms with Crippen LogP contribution in [0.25, 0.3) is 0 Å². The van der Waals surface area contributed by atoms with Crippen LogP contribution in [0, 0.1) is 5.92 Å². The first-order valence-corrected chi connectivity index (χ1v) is 6.47. The molecule has 2 heterocycles. The molecule has 0 amide bonds.